The number of aryl methyl sites for hydroxylation is 1. The fraction of sp³-hybridized carbons (Fsp3) is 0.438. The van der Waals surface area contributed by atoms with Crippen molar-refractivity contribution in [2.45, 2.75) is 37.8 Å². The third-order valence-electron chi connectivity index (χ3n) is 4.48. The molecule has 2 N–H and O–H groups in total. The Kier molecular flexibility index (Phi) is 4.65. The summed E-state index contributed by atoms with van der Waals surface area (Å²) in [5.41, 5.74) is 0.411. The molecule has 9 nitrogen and oxygen atoms in total. The molecule has 2 saturated carbocycles. The third-order valence-corrected chi connectivity index (χ3v) is 5.11. The summed E-state index contributed by atoms with van der Waals surface area (Å²) in [6.07, 6.45) is 4.08. The van der Waals surface area contributed by atoms with Crippen molar-refractivity contribution in [2.24, 2.45) is 7.05 Å². The zero-order valence-corrected chi connectivity index (χ0v) is 16.0. The van der Waals surface area contributed by atoms with Gasteiger partial charge < -0.3 is 10.2 Å². The number of nitrogens with one attached hydrogen (secondary N) is 2. The summed E-state index contributed by atoms with van der Waals surface area (Å²) in [5, 5.41) is 16.5. The predicted octanol–water partition coefficient (Wildman–Crippen LogP) is 2.93. The zero-order chi connectivity index (χ0) is 19.1. The number of hydrogen-bond donors (Lipinski definition) is 2. The number of hydrogen-bond acceptors (Lipinski definition) is 5. The van der Waals surface area contributed by atoms with E-state index in [0.717, 1.165) is 25.7 Å². The number of nitrogens with zero attached hydrogens (tertiary/aromatic N) is 5. The Morgan fingerprint density at radius 3 is 2.37 bits per heavy atom. The predicted molar refractivity (Wildman–Crippen MR) is 100 cm³/mol. The van der Waals surface area contributed by atoms with Crippen LogP contribution in [0, 0.1) is 0 Å². The van der Waals surface area contributed by atoms with Gasteiger partial charge in [0, 0.05) is 24.2 Å². The van der Waals surface area contributed by atoms with E-state index in [1.54, 1.807) is 7.05 Å². The van der Waals surface area contributed by atoms with Gasteiger partial charge in [-0.3, -0.25) is 10.1 Å². The largest absolute Gasteiger partial charge is 0.322 e. The Balaban J connectivity index is 1.55. The van der Waals surface area contributed by atoms with E-state index in [-0.39, 0.29) is 27.6 Å². The molecule has 0 aliphatic heterocycles. The Morgan fingerprint density at radius 1 is 1.15 bits per heavy atom. The highest BCUT2D eigenvalue weighted by Gasteiger charge is 2.42. The van der Waals surface area contributed by atoms with Crippen molar-refractivity contribution in [1.29, 1.82) is 0 Å². The van der Waals surface area contributed by atoms with Crippen molar-refractivity contribution in [1.82, 2.24) is 25.1 Å². The van der Waals surface area contributed by atoms with E-state index in [4.69, 9.17) is 23.2 Å². The highest BCUT2D eigenvalue weighted by atomic mass is 35.5. The summed E-state index contributed by atoms with van der Waals surface area (Å²) in [4.78, 5) is 27.1. The maximum atomic E-state index is 12.7. The second-order valence-electron chi connectivity index (χ2n) is 6.69. The minimum Gasteiger partial charge on any atom is -0.319 e. The number of benzene rings is 1. The van der Waals surface area contributed by atoms with E-state index >= 15 is 0 Å². The van der Waals surface area contributed by atoms with Crippen LogP contribution in [0.4, 0.5) is 16.4 Å². The zero-order valence-electron chi connectivity index (χ0n) is 14.4. The van der Waals surface area contributed by atoms with Gasteiger partial charge in [0.15, 0.2) is 0 Å². The van der Waals surface area contributed by atoms with Gasteiger partial charge in [-0.1, -0.05) is 28.3 Å². The smallest absolute Gasteiger partial charge is 0.319 e. The van der Waals surface area contributed by atoms with Crippen molar-refractivity contribution < 1.29 is 9.59 Å². The standard InChI is InChI=1S/C16H17Cl2N7O2/c1-24-15(21-22-23-24)20-14(26)11-6-8(17)7-12(13(11)18)19-16(27)25(9-2-3-9)10-4-5-10/h6-7,9-10H,2-5H2,1H3,(H,19,27)(H,20,21,23,26). The van der Waals surface area contributed by atoms with Crippen molar-refractivity contribution in [3.8, 4) is 0 Å². The first-order valence-electron chi connectivity index (χ1n) is 8.56. The number of carbonyl (C=O) groups excluding carboxylic acids is 2. The van der Waals surface area contributed by atoms with Crippen LogP contribution in [-0.2, 0) is 7.05 Å². The second-order valence-corrected chi connectivity index (χ2v) is 7.51. The van der Waals surface area contributed by atoms with E-state index < -0.39 is 5.91 Å². The normalized spacial score (nSPS) is 16.1. The van der Waals surface area contributed by atoms with Gasteiger partial charge in [0.2, 0.25) is 5.95 Å². The number of aromatic nitrogens is 4. The van der Waals surface area contributed by atoms with Gasteiger partial charge in [0.25, 0.3) is 5.91 Å². The monoisotopic (exact) mass is 409 g/mol. The third kappa shape index (κ3) is 3.84. The summed E-state index contributed by atoms with van der Waals surface area (Å²) < 4.78 is 1.31. The number of halogens is 2. The maximum absolute atomic E-state index is 12.7. The molecule has 0 unspecified atom stereocenters. The molecule has 1 aromatic carbocycles. The van der Waals surface area contributed by atoms with Crippen LogP contribution in [0.5, 0.6) is 0 Å². The fourth-order valence-electron chi connectivity index (χ4n) is 2.86. The first-order valence-corrected chi connectivity index (χ1v) is 9.31. The van der Waals surface area contributed by atoms with Crippen molar-refractivity contribution in [3.05, 3.63) is 27.7 Å². The quantitative estimate of drug-likeness (QED) is 0.789. The van der Waals surface area contributed by atoms with Crippen LogP contribution in [0.2, 0.25) is 10.0 Å². The molecule has 3 amide bonds. The van der Waals surface area contributed by atoms with Crippen molar-refractivity contribution >= 4 is 46.8 Å². The molecule has 2 aliphatic carbocycles. The van der Waals surface area contributed by atoms with Crippen LogP contribution in [0.3, 0.4) is 0 Å². The highest BCUT2D eigenvalue weighted by Crippen LogP contribution is 2.38. The molecular formula is C16H17Cl2N7O2. The summed E-state index contributed by atoms with van der Waals surface area (Å²) >= 11 is 12.5. The highest BCUT2D eigenvalue weighted by molar-refractivity contribution is 6.39. The Bertz CT molecular complexity index is 896. The summed E-state index contributed by atoms with van der Waals surface area (Å²) in [6.45, 7) is 0. The van der Waals surface area contributed by atoms with Gasteiger partial charge in [-0.05, 0) is 48.2 Å². The molecule has 2 aromatic rings. The lowest BCUT2D eigenvalue weighted by Gasteiger charge is -2.23. The minimum atomic E-state index is -0.530. The van der Waals surface area contributed by atoms with Crippen LogP contribution < -0.4 is 10.6 Å². The van der Waals surface area contributed by atoms with Gasteiger partial charge in [0.1, 0.15) is 0 Å². The van der Waals surface area contributed by atoms with Gasteiger partial charge >= 0.3 is 6.03 Å². The average molecular weight is 410 g/mol. The Hall–Kier alpha value is -2.39. The number of urea groups is 1. The second kappa shape index (κ2) is 6.97. The van der Waals surface area contributed by atoms with Crippen molar-refractivity contribution in [2.75, 3.05) is 10.6 Å². The molecule has 142 valence electrons. The number of anilines is 2. The minimum absolute atomic E-state index is 0.104. The Labute approximate surface area is 165 Å². The topological polar surface area (TPSA) is 105 Å². The molecule has 1 aromatic heterocycles. The van der Waals surface area contributed by atoms with Gasteiger partial charge in [-0.25, -0.2) is 9.48 Å². The molecule has 0 atom stereocenters. The molecule has 0 spiro atoms. The molecular weight excluding hydrogens is 393 g/mol. The molecule has 27 heavy (non-hydrogen) atoms. The summed E-state index contributed by atoms with van der Waals surface area (Å²) in [6, 6.07) is 3.33. The Morgan fingerprint density at radius 2 is 1.81 bits per heavy atom. The van der Waals surface area contributed by atoms with Crippen molar-refractivity contribution in [3.63, 3.8) is 0 Å². The molecule has 2 fully saturated rings. The van der Waals surface area contributed by atoms with E-state index in [1.807, 2.05) is 4.90 Å². The number of rotatable bonds is 5. The van der Waals surface area contributed by atoms with E-state index in [9.17, 15) is 9.59 Å². The molecule has 2 aliphatic rings. The van der Waals surface area contributed by atoms with Crippen LogP contribution in [0.15, 0.2) is 12.1 Å². The van der Waals surface area contributed by atoms with Gasteiger partial charge in [-0.15, -0.1) is 0 Å². The van der Waals surface area contributed by atoms with Crippen LogP contribution >= 0.6 is 23.2 Å². The molecule has 11 heteroatoms. The van der Waals surface area contributed by atoms with Crippen LogP contribution in [0.25, 0.3) is 0 Å². The molecule has 0 saturated heterocycles. The molecule has 1 heterocycles. The summed E-state index contributed by atoms with van der Waals surface area (Å²) in [7, 11) is 1.59. The summed E-state index contributed by atoms with van der Waals surface area (Å²) in [5.74, 6) is -0.368. The van der Waals surface area contributed by atoms with Gasteiger partial charge in [0.05, 0.1) is 16.3 Å². The molecule has 0 radical (unpaired) electrons. The SMILES string of the molecule is Cn1nnnc1NC(=O)c1cc(Cl)cc(NC(=O)N(C2CC2)C2CC2)c1Cl. The fourth-order valence-corrected chi connectivity index (χ4v) is 3.33. The molecule has 4 rings (SSSR count). The van der Waals surface area contributed by atoms with E-state index in [1.165, 1.54) is 16.8 Å². The number of amides is 3. The maximum Gasteiger partial charge on any atom is 0.322 e. The van der Waals surface area contributed by atoms with Crippen LogP contribution in [-0.4, -0.2) is 49.1 Å². The van der Waals surface area contributed by atoms with Gasteiger partial charge in [-0.2, -0.15) is 0 Å². The lowest BCUT2D eigenvalue weighted by atomic mass is 10.2. The molecule has 0 bridgehead atoms. The lowest BCUT2D eigenvalue weighted by molar-refractivity contribution is 0.102. The number of tetrazole rings is 1. The lowest BCUT2D eigenvalue weighted by Crippen LogP contribution is -2.38. The van der Waals surface area contributed by atoms with E-state index in [0.29, 0.717) is 17.8 Å². The average Bonchev–Trinajstić information content (AvgIpc) is 3.54. The van der Waals surface area contributed by atoms with E-state index in [2.05, 4.69) is 26.2 Å². The first-order chi connectivity index (χ1) is 12.9. The van der Waals surface area contributed by atoms with Crippen LogP contribution in [0.1, 0.15) is 36.0 Å². The first kappa shape index (κ1) is 18.0. The number of carbonyl (C=O) groups is 2.